The number of carbonyl (C=O) groups excluding carboxylic acids is 2. The molecule has 1 unspecified atom stereocenters. The predicted octanol–water partition coefficient (Wildman–Crippen LogP) is 4.62. The second-order valence-corrected chi connectivity index (χ2v) is 8.75. The Labute approximate surface area is 179 Å². The summed E-state index contributed by atoms with van der Waals surface area (Å²) in [4.78, 5) is 27.5. The van der Waals surface area contributed by atoms with Crippen LogP contribution in [0.2, 0.25) is 0 Å². The lowest BCUT2D eigenvalue weighted by atomic mass is 9.96. The molecule has 2 aliphatic rings. The Morgan fingerprint density at radius 2 is 1.93 bits per heavy atom. The first kappa shape index (κ1) is 20.0. The van der Waals surface area contributed by atoms with Crippen LogP contribution < -0.4 is 10.1 Å². The molecular weight excluding hydrogens is 432 g/mol. The molecular formula is C23H25BrN2O3. The third kappa shape index (κ3) is 5.18. The smallest absolute Gasteiger partial charge is 0.257 e. The van der Waals surface area contributed by atoms with Crippen molar-refractivity contribution in [2.45, 2.75) is 25.7 Å². The summed E-state index contributed by atoms with van der Waals surface area (Å²) in [6, 6.07) is 14.8. The van der Waals surface area contributed by atoms with E-state index in [-0.39, 0.29) is 17.7 Å². The lowest BCUT2D eigenvalue weighted by molar-refractivity contribution is -0.126. The van der Waals surface area contributed by atoms with Crippen LogP contribution in [0.5, 0.6) is 11.5 Å². The van der Waals surface area contributed by atoms with E-state index in [1.54, 1.807) is 17.0 Å². The molecule has 1 atom stereocenters. The van der Waals surface area contributed by atoms with Gasteiger partial charge in [0.2, 0.25) is 5.91 Å². The van der Waals surface area contributed by atoms with Crippen LogP contribution in [-0.2, 0) is 4.79 Å². The van der Waals surface area contributed by atoms with Crippen LogP contribution >= 0.6 is 15.9 Å². The summed E-state index contributed by atoms with van der Waals surface area (Å²) in [5.74, 6) is 1.70. The molecule has 1 aliphatic carbocycles. The lowest BCUT2D eigenvalue weighted by Gasteiger charge is -2.32. The Hall–Kier alpha value is -2.34. The summed E-state index contributed by atoms with van der Waals surface area (Å²) < 4.78 is 6.90. The minimum atomic E-state index is -0.135. The van der Waals surface area contributed by atoms with Crippen LogP contribution in [0.15, 0.2) is 53.0 Å². The highest BCUT2D eigenvalue weighted by Crippen LogP contribution is 2.30. The number of piperidine rings is 1. The predicted molar refractivity (Wildman–Crippen MR) is 115 cm³/mol. The van der Waals surface area contributed by atoms with E-state index >= 15 is 0 Å². The van der Waals surface area contributed by atoms with Crippen molar-refractivity contribution >= 4 is 27.7 Å². The van der Waals surface area contributed by atoms with Crippen molar-refractivity contribution in [3.8, 4) is 11.5 Å². The van der Waals surface area contributed by atoms with E-state index in [1.165, 1.54) is 12.8 Å². The van der Waals surface area contributed by atoms with Gasteiger partial charge in [0.05, 0.1) is 11.5 Å². The highest BCUT2D eigenvalue weighted by molar-refractivity contribution is 9.10. The van der Waals surface area contributed by atoms with Crippen molar-refractivity contribution in [3.05, 3.63) is 58.6 Å². The number of hydrogen-bond acceptors (Lipinski definition) is 3. The molecule has 2 aromatic rings. The highest BCUT2D eigenvalue weighted by Gasteiger charge is 2.31. The van der Waals surface area contributed by atoms with Gasteiger partial charge in [-0.15, -0.1) is 0 Å². The SMILES string of the molecule is O=C(NCC1CC1)C1CCCN(C(=O)c2ccccc2Oc2cccc(Br)c2)C1. The fourth-order valence-electron chi connectivity index (χ4n) is 3.65. The number of para-hydroxylation sites is 1. The molecule has 1 saturated heterocycles. The number of halogens is 1. The van der Waals surface area contributed by atoms with E-state index in [1.807, 2.05) is 36.4 Å². The first-order valence-electron chi connectivity index (χ1n) is 10.2. The zero-order valence-corrected chi connectivity index (χ0v) is 17.9. The van der Waals surface area contributed by atoms with Gasteiger partial charge in [-0.25, -0.2) is 0 Å². The van der Waals surface area contributed by atoms with Crippen LogP contribution in [0.4, 0.5) is 0 Å². The van der Waals surface area contributed by atoms with E-state index < -0.39 is 0 Å². The first-order chi connectivity index (χ1) is 14.1. The van der Waals surface area contributed by atoms with Crippen molar-refractivity contribution in [2.75, 3.05) is 19.6 Å². The van der Waals surface area contributed by atoms with Gasteiger partial charge < -0.3 is 15.0 Å². The maximum Gasteiger partial charge on any atom is 0.257 e. The van der Waals surface area contributed by atoms with Crippen LogP contribution in [0.1, 0.15) is 36.0 Å². The normalized spacial score (nSPS) is 18.9. The number of nitrogens with zero attached hydrogens (tertiary/aromatic N) is 1. The van der Waals surface area contributed by atoms with Crippen molar-refractivity contribution in [1.29, 1.82) is 0 Å². The highest BCUT2D eigenvalue weighted by atomic mass is 79.9. The number of nitrogens with one attached hydrogen (secondary N) is 1. The minimum absolute atomic E-state index is 0.0769. The number of likely N-dealkylation sites (tertiary alicyclic amines) is 1. The van der Waals surface area contributed by atoms with Gasteiger partial charge in [0.15, 0.2) is 0 Å². The van der Waals surface area contributed by atoms with Gasteiger partial charge in [0, 0.05) is 24.1 Å². The fourth-order valence-corrected chi connectivity index (χ4v) is 4.03. The topological polar surface area (TPSA) is 58.6 Å². The van der Waals surface area contributed by atoms with Crippen LogP contribution in [0.25, 0.3) is 0 Å². The number of rotatable bonds is 6. The fraction of sp³-hybridized carbons (Fsp3) is 0.391. The quantitative estimate of drug-likeness (QED) is 0.689. The molecule has 0 aromatic heterocycles. The zero-order chi connectivity index (χ0) is 20.2. The molecule has 29 heavy (non-hydrogen) atoms. The molecule has 152 valence electrons. The maximum absolute atomic E-state index is 13.2. The second-order valence-electron chi connectivity index (χ2n) is 7.83. The molecule has 1 heterocycles. The Bertz CT molecular complexity index is 897. The number of amides is 2. The summed E-state index contributed by atoms with van der Waals surface area (Å²) in [5.41, 5.74) is 0.520. The molecule has 1 aliphatic heterocycles. The van der Waals surface area contributed by atoms with E-state index in [4.69, 9.17) is 4.74 Å². The van der Waals surface area contributed by atoms with Gasteiger partial charge in [-0.3, -0.25) is 9.59 Å². The summed E-state index contributed by atoms with van der Waals surface area (Å²) in [5, 5.41) is 3.06. The number of ether oxygens (including phenoxy) is 1. The van der Waals surface area contributed by atoms with Crippen molar-refractivity contribution < 1.29 is 14.3 Å². The first-order valence-corrected chi connectivity index (χ1v) is 11.0. The van der Waals surface area contributed by atoms with Gasteiger partial charge in [0.1, 0.15) is 11.5 Å². The largest absolute Gasteiger partial charge is 0.456 e. The third-order valence-electron chi connectivity index (χ3n) is 5.48. The van der Waals surface area contributed by atoms with E-state index in [9.17, 15) is 9.59 Å². The molecule has 1 saturated carbocycles. The molecule has 2 aromatic carbocycles. The molecule has 5 nitrogen and oxygen atoms in total. The van der Waals surface area contributed by atoms with Gasteiger partial charge in [0.25, 0.3) is 5.91 Å². The van der Waals surface area contributed by atoms with Gasteiger partial charge in [-0.1, -0.05) is 34.1 Å². The van der Waals surface area contributed by atoms with Crippen molar-refractivity contribution in [2.24, 2.45) is 11.8 Å². The summed E-state index contributed by atoms with van der Waals surface area (Å²) in [7, 11) is 0. The number of hydrogen-bond donors (Lipinski definition) is 1. The molecule has 0 radical (unpaired) electrons. The molecule has 0 spiro atoms. The molecule has 1 N–H and O–H groups in total. The molecule has 6 heteroatoms. The standard InChI is InChI=1S/C23H25BrN2O3/c24-18-6-3-7-19(13-18)29-21-9-2-1-8-20(21)23(28)26-12-4-5-17(15-26)22(27)25-14-16-10-11-16/h1-3,6-9,13,16-17H,4-5,10-12,14-15H2,(H,25,27). The van der Waals surface area contributed by atoms with Crippen molar-refractivity contribution in [3.63, 3.8) is 0 Å². The number of carbonyl (C=O) groups is 2. The van der Waals surface area contributed by atoms with Gasteiger partial charge >= 0.3 is 0 Å². The maximum atomic E-state index is 13.2. The van der Waals surface area contributed by atoms with E-state index in [2.05, 4.69) is 21.2 Å². The molecule has 2 fully saturated rings. The molecule has 4 rings (SSSR count). The number of benzene rings is 2. The average molecular weight is 457 g/mol. The van der Waals surface area contributed by atoms with Gasteiger partial charge in [-0.2, -0.15) is 0 Å². The summed E-state index contributed by atoms with van der Waals surface area (Å²) in [6.07, 6.45) is 4.09. The summed E-state index contributed by atoms with van der Waals surface area (Å²) >= 11 is 3.44. The van der Waals surface area contributed by atoms with E-state index in [0.717, 1.165) is 23.9 Å². The monoisotopic (exact) mass is 456 g/mol. The Balaban J connectivity index is 1.45. The third-order valence-corrected chi connectivity index (χ3v) is 5.98. The van der Waals surface area contributed by atoms with Crippen LogP contribution in [0, 0.1) is 11.8 Å². The average Bonchev–Trinajstić information content (AvgIpc) is 3.57. The zero-order valence-electron chi connectivity index (χ0n) is 16.3. The van der Waals surface area contributed by atoms with Crippen LogP contribution in [-0.4, -0.2) is 36.3 Å². The van der Waals surface area contributed by atoms with Crippen LogP contribution in [0.3, 0.4) is 0 Å². The lowest BCUT2D eigenvalue weighted by Crippen LogP contribution is -2.45. The van der Waals surface area contributed by atoms with E-state index in [0.29, 0.717) is 36.1 Å². The molecule has 2 amide bonds. The molecule has 0 bridgehead atoms. The minimum Gasteiger partial charge on any atom is -0.456 e. The Morgan fingerprint density at radius 3 is 2.72 bits per heavy atom. The van der Waals surface area contributed by atoms with Gasteiger partial charge in [-0.05, 0) is 61.9 Å². The Kier molecular flexibility index (Phi) is 6.19. The summed E-state index contributed by atoms with van der Waals surface area (Å²) in [6.45, 7) is 1.89. The van der Waals surface area contributed by atoms with Crippen molar-refractivity contribution in [1.82, 2.24) is 10.2 Å². The Morgan fingerprint density at radius 1 is 1.10 bits per heavy atom. The second kappa shape index (κ2) is 8.99.